The average Bonchev–Trinajstić information content (AvgIpc) is 3.00. The van der Waals surface area contributed by atoms with Gasteiger partial charge in [-0.15, -0.1) is 0 Å². The highest BCUT2D eigenvalue weighted by Gasteiger charge is 2.28. The summed E-state index contributed by atoms with van der Waals surface area (Å²) in [6.07, 6.45) is 0.648. The van der Waals surface area contributed by atoms with Gasteiger partial charge in [-0.25, -0.2) is 9.78 Å². The van der Waals surface area contributed by atoms with E-state index in [2.05, 4.69) is 4.98 Å². The van der Waals surface area contributed by atoms with Crippen LogP contribution in [0.1, 0.15) is 31.3 Å². The fourth-order valence-electron chi connectivity index (χ4n) is 2.48. The van der Waals surface area contributed by atoms with Crippen molar-refractivity contribution in [1.29, 1.82) is 0 Å². The van der Waals surface area contributed by atoms with Crippen LogP contribution in [0.3, 0.4) is 0 Å². The molecule has 0 spiro atoms. The summed E-state index contributed by atoms with van der Waals surface area (Å²) < 4.78 is 0. The van der Waals surface area contributed by atoms with E-state index in [1.165, 1.54) is 17.4 Å². The lowest BCUT2D eigenvalue weighted by Crippen LogP contribution is -2.28. The van der Waals surface area contributed by atoms with Gasteiger partial charge in [-0.1, -0.05) is 11.3 Å². The number of fused-ring (bicyclic) bond motifs is 1. The molecule has 1 amide bonds. The summed E-state index contributed by atoms with van der Waals surface area (Å²) in [4.78, 5) is 29.8. The second kappa shape index (κ2) is 4.85. The summed E-state index contributed by atoms with van der Waals surface area (Å²) in [7, 11) is 0. The number of hydrogen-bond donors (Lipinski definition) is 2. The number of rotatable bonds is 2. The fraction of sp³-hybridized carbons (Fsp3) is 0.214. The maximum atomic E-state index is 12.6. The third-order valence-electron chi connectivity index (χ3n) is 3.47. The number of anilines is 2. The van der Waals surface area contributed by atoms with Crippen LogP contribution in [0, 0.1) is 6.92 Å². The number of aryl methyl sites for hydroxylation is 1. The first-order chi connectivity index (χ1) is 9.97. The van der Waals surface area contributed by atoms with Crippen molar-refractivity contribution >= 4 is 34.0 Å². The zero-order valence-electron chi connectivity index (χ0n) is 11.3. The summed E-state index contributed by atoms with van der Waals surface area (Å²) in [6.45, 7) is 2.29. The predicted molar refractivity (Wildman–Crippen MR) is 80.0 cm³/mol. The van der Waals surface area contributed by atoms with Crippen molar-refractivity contribution in [2.24, 2.45) is 0 Å². The molecular formula is C14H13N3O3S. The minimum atomic E-state index is -0.964. The smallest absolute Gasteiger partial charge is 0.335 e. The van der Waals surface area contributed by atoms with E-state index in [0.717, 1.165) is 11.3 Å². The largest absolute Gasteiger partial charge is 0.478 e. The normalized spacial score (nSPS) is 13.3. The van der Waals surface area contributed by atoms with Crippen LogP contribution < -0.4 is 10.6 Å². The van der Waals surface area contributed by atoms with Crippen LogP contribution in [0.2, 0.25) is 0 Å². The molecule has 0 aliphatic carbocycles. The number of nitrogens with two attached hydrogens (primary N) is 1. The summed E-state index contributed by atoms with van der Waals surface area (Å²) >= 11 is 1.17. The van der Waals surface area contributed by atoms with Crippen molar-refractivity contribution in [3.63, 3.8) is 0 Å². The van der Waals surface area contributed by atoms with Crippen molar-refractivity contribution in [3.8, 4) is 0 Å². The number of aromatic nitrogens is 1. The molecule has 0 saturated carbocycles. The van der Waals surface area contributed by atoms with E-state index < -0.39 is 5.97 Å². The van der Waals surface area contributed by atoms with Crippen LogP contribution in [0.4, 0.5) is 10.8 Å². The zero-order valence-corrected chi connectivity index (χ0v) is 12.1. The number of carboxylic acids is 1. The lowest BCUT2D eigenvalue weighted by atomic mass is 10.1. The van der Waals surface area contributed by atoms with Gasteiger partial charge in [0, 0.05) is 12.2 Å². The number of nitrogen functional groups attached to an aromatic ring is 1. The average molecular weight is 303 g/mol. The van der Waals surface area contributed by atoms with Crippen molar-refractivity contribution in [2.45, 2.75) is 13.3 Å². The molecule has 6 nitrogen and oxygen atoms in total. The molecule has 2 heterocycles. The fourth-order valence-corrected chi connectivity index (χ4v) is 3.27. The molecule has 108 valence electrons. The van der Waals surface area contributed by atoms with E-state index in [-0.39, 0.29) is 11.5 Å². The van der Waals surface area contributed by atoms with Crippen molar-refractivity contribution < 1.29 is 14.7 Å². The Labute approximate surface area is 124 Å². The van der Waals surface area contributed by atoms with Gasteiger partial charge >= 0.3 is 5.97 Å². The SMILES string of the molecule is Cc1nc(N)sc1C(=O)N1CCc2cc(C(=O)O)ccc21. The summed E-state index contributed by atoms with van der Waals surface area (Å²) in [5.41, 5.74) is 8.13. The van der Waals surface area contributed by atoms with E-state index in [0.29, 0.717) is 28.7 Å². The Balaban J connectivity index is 1.96. The number of benzene rings is 1. The molecular weight excluding hydrogens is 290 g/mol. The van der Waals surface area contributed by atoms with Gasteiger partial charge in [0.25, 0.3) is 5.91 Å². The Morgan fingerprint density at radius 3 is 2.81 bits per heavy atom. The predicted octanol–water partition coefficient (Wildman–Crippen LogP) is 1.93. The number of nitrogens with zero attached hydrogens (tertiary/aromatic N) is 2. The first-order valence-corrected chi connectivity index (χ1v) is 7.20. The van der Waals surface area contributed by atoms with Crippen LogP contribution >= 0.6 is 11.3 Å². The van der Waals surface area contributed by atoms with Crippen molar-refractivity contribution in [2.75, 3.05) is 17.2 Å². The summed E-state index contributed by atoms with van der Waals surface area (Å²) in [6, 6.07) is 4.82. The first kappa shape index (κ1) is 13.6. The molecule has 1 aliphatic heterocycles. The Morgan fingerprint density at radius 2 is 2.19 bits per heavy atom. The van der Waals surface area contributed by atoms with Crippen LogP contribution in [0.5, 0.6) is 0 Å². The quantitative estimate of drug-likeness (QED) is 0.883. The third-order valence-corrected chi connectivity index (χ3v) is 4.45. The Bertz CT molecular complexity index is 754. The monoisotopic (exact) mass is 303 g/mol. The summed E-state index contributed by atoms with van der Waals surface area (Å²) in [5, 5.41) is 9.38. The van der Waals surface area contributed by atoms with Crippen molar-refractivity contribution in [3.05, 3.63) is 39.9 Å². The standard InChI is InChI=1S/C14H13N3O3S/c1-7-11(21-14(15)16-7)12(18)17-5-4-8-6-9(13(19)20)2-3-10(8)17/h2-3,6H,4-5H2,1H3,(H2,15,16)(H,19,20). The molecule has 0 unspecified atom stereocenters. The second-order valence-corrected chi connectivity index (χ2v) is 5.85. The number of thiazole rings is 1. The Hall–Kier alpha value is -2.41. The first-order valence-electron chi connectivity index (χ1n) is 6.38. The molecule has 0 fully saturated rings. The molecule has 3 rings (SSSR count). The number of carboxylic acid groups (broad SMARTS) is 1. The van der Waals surface area contributed by atoms with Gasteiger partial charge in [0.05, 0.1) is 11.3 Å². The minimum absolute atomic E-state index is 0.136. The third kappa shape index (κ3) is 2.25. The number of hydrogen-bond acceptors (Lipinski definition) is 5. The Morgan fingerprint density at radius 1 is 1.43 bits per heavy atom. The molecule has 0 radical (unpaired) electrons. The highest BCUT2D eigenvalue weighted by molar-refractivity contribution is 7.17. The van der Waals surface area contributed by atoms with Gasteiger partial charge in [-0.05, 0) is 37.1 Å². The van der Waals surface area contributed by atoms with E-state index in [1.54, 1.807) is 24.0 Å². The lowest BCUT2D eigenvalue weighted by Gasteiger charge is -2.16. The van der Waals surface area contributed by atoms with Gasteiger partial charge in [-0.3, -0.25) is 4.79 Å². The molecule has 0 bridgehead atoms. The molecule has 1 aliphatic rings. The van der Waals surface area contributed by atoms with Crippen LogP contribution in [-0.2, 0) is 6.42 Å². The highest BCUT2D eigenvalue weighted by Crippen LogP contribution is 2.32. The maximum absolute atomic E-state index is 12.6. The van der Waals surface area contributed by atoms with E-state index >= 15 is 0 Å². The second-order valence-electron chi connectivity index (χ2n) is 4.82. The molecule has 0 atom stereocenters. The van der Waals surface area contributed by atoms with Gasteiger partial charge in [-0.2, -0.15) is 0 Å². The topological polar surface area (TPSA) is 96.5 Å². The van der Waals surface area contributed by atoms with Gasteiger partial charge in [0.15, 0.2) is 5.13 Å². The Kier molecular flexibility index (Phi) is 3.13. The van der Waals surface area contributed by atoms with Crippen LogP contribution in [0.25, 0.3) is 0 Å². The molecule has 0 saturated heterocycles. The summed E-state index contributed by atoms with van der Waals surface area (Å²) in [5.74, 6) is -1.10. The number of carbonyl (C=O) groups excluding carboxylic acids is 1. The van der Waals surface area contributed by atoms with E-state index in [9.17, 15) is 9.59 Å². The van der Waals surface area contributed by atoms with Gasteiger partial charge in [0.2, 0.25) is 0 Å². The maximum Gasteiger partial charge on any atom is 0.335 e. The molecule has 1 aromatic carbocycles. The lowest BCUT2D eigenvalue weighted by molar-refractivity contribution is 0.0696. The zero-order chi connectivity index (χ0) is 15.1. The van der Waals surface area contributed by atoms with Crippen molar-refractivity contribution in [1.82, 2.24) is 4.98 Å². The number of amides is 1. The van der Waals surface area contributed by atoms with E-state index in [4.69, 9.17) is 10.8 Å². The molecule has 3 N–H and O–H groups in total. The minimum Gasteiger partial charge on any atom is -0.478 e. The molecule has 1 aromatic heterocycles. The molecule has 2 aromatic rings. The van der Waals surface area contributed by atoms with E-state index in [1.807, 2.05) is 0 Å². The van der Waals surface area contributed by atoms with Crippen LogP contribution in [-0.4, -0.2) is 28.5 Å². The molecule has 21 heavy (non-hydrogen) atoms. The van der Waals surface area contributed by atoms with Gasteiger partial charge in [0.1, 0.15) is 4.88 Å². The van der Waals surface area contributed by atoms with Gasteiger partial charge < -0.3 is 15.7 Å². The highest BCUT2D eigenvalue weighted by atomic mass is 32.1. The molecule has 7 heteroatoms. The van der Waals surface area contributed by atoms with Crippen LogP contribution in [0.15, 0.2) is 18.2 Å². The number of aromatic carboxylic acids is 1. The number of carbonyl (C=O) groups is 2.